The molecule has 0 N–H and O–H groups in total. The summed E-state index contributed by atoms with van der Waals surface area (Å²) in [6.07, 6.45) is 0. The number of benzene rings is 7. The van der Waals surface area contributed by atoms with Crippen LogP contribution in [0, 0.1) is 0 Å². The molecule has 234 valence electrons. The fourth-order valence-corrected chi connectivity index (χ4v) is 7.50. The Morgan fingerprint density at radius 3 is 1.46 bits per heavy atom. The van der Waals surface area contributed by atoms with Crippen LogP contribution >= 0.6 is 0 Å². The van der Waals surface area contributed by atoms with Crippen molar-refractivity contribution in [2.75, 3.05) is 0 Å². The highest BCUT2D eigenvalue weighted by Gasteiger charge is 2.21. The van der Waals surface area contributed by atoms with Crippen molar-refractivity contribution in [3.05, 3.63) is 182 Å². The van der Waals surface area contributed by atoms with Crippen LogP contribution in [0.15, 0.2) is 182 Å². The van der Waals surface area contributed by atoms with E-state index in [1.165, 1.54) is 38.1 Å². The zero-order chi connectivity index (χ0) is 33.0. The van der Waals surface area contributed by atoms with Crippen LogP contribution in [0.4, 0.5) is 0 Å². The second-order valence-corrected chi connectivity index (χ2v) is 12.6. The Labute approximate surface area is 289 Å². The third-order valence-corrected chi connectivity index (χ3v) is 9.75. The Hall–Kier alpha value is -6.78. The molecule has 0 saturated carbocycles. The van der Waals surface area contributed by atoms with Gasteiger partial charge in [-0.05, 0) is 47.5 Å². The first-order valence-electron chi connectivity index (χ1n) is 16.9. The van der Waals surface area contributed by atoms with Gasteiger partial charge in [-0.1, -0.05) is 140 Å². The lowest BCUT2D eigenvalue weighted by molar-refractivity contribution is 1.05. The smallest absolute Gasteiger partial charge is 0.162 e. The second kappa shape index (κ2) is 11.4. The van der Waals surface area contributed by atoms with E-state index >= 15 is 0 Å². The van der Waals surface area contributed by atoms with E-state index in [2.05, 4.69) is 179 Å². The number of para-hydroxylation sites is 3. The molecule has 0 aliphatic rings. The van der Waals surface area contributed by atoms with Crippen LogP contribution < -0.4 is 0 Å². The highest BCUT2D eigenvalue weighted by Crippen LogP contribution is 2.42. The van der Waals surface area contributed by atoms with Crippen LogP contribution in [-0.2, 0) is 0 Å². The van der Waals surface area contributed by atoms with Crippen molar-refractivity contribution in [3.8, 4) is 45.3 Å². The van der Waals surface area contributed by atoms with Crippen molar-refractivity contribution in [2.24, 2.45) is 0 Å². The molecule has 3 heterocycles. The van der Waals surface area contributed by atoms with E-state index in [1.54, 1.807) is 0 Å². The van der Waals surface area contributed by atoms with Crippen molar-refractivity contribution >= 4 is 43.6 Å². The van der Waals surface area contributed by atoms with E-state index in [0.29, 0.717) is 5.82 Å². The maximum Gasteiger partial charge on any atom is 0.162 e. The van der Waals surface area contributed by atoms with Crippen LogP contribution in [0.3, 0.4) is 0 Å². The minimum absolute atomic E-state index is 0.689. The third kappa shape index (κ3) is 4.46. The predicted octanol–water partition coefficient (Wildman–Crippen LogP) is 11.7. The van der Waals surface area contributed by atoms with E-state index in [9.17, 15) is 0 Å². The Morgan fingerprint density at radius 1 is 0.340 bits per heavy atom. The number of aromatic nitrogens is 4. The summed E-state index contributed by atoms with van der Waals surface area (Å²) >= 11 is 0. The van der Waals surface area contributed by atoms with Gasteiger partial charge in [-0.25, -0.2) is 9.97 Å². The lowest BCUT2D eigenvalue weighted by Gasteiger charge is -2.12. The lowest BCUT2D eigenvalue weighted by atomic mass is 10.0. The third-order valence-electron chi connectivity index (χ3n) is 9.75. The van der Waals surface area contributed by atoms with E-state index in [-0.39, 0.29) is 0 Å². The van der Waals surface area contributed by atoms with Crippen molar-refractivity contribution in [3.63, 3.8) is 0 Å². The largest absolute Gasteiger partial charge is 0.309 e. The van der Waals surface area contributed by atoms with Gasteiger partial charge in [0.25, 0.3) is 0 Å². The van der Waals surface area contributed by atoms with E-state index in [0.717, 1.165) is 44.9 Å². The summed E-state index contributed by atoms with van der Waals surface area (Å²) in [4.78, 5) is 10.5. The van der Waals surface area contributed by atoms with Gasteiger partial charge < -0.3 is 4.57 Å². The average Bonchev–Trinajstić information content (AvgIpc) is 3.72. The first kappa shape index (κ1) is 28.3. The molecule has 50 heavy (non-hydrogen) atoms. The van der Waals surface area contributed by atoms with Gasteiger partial charge in [0, 0.05) is 44.4 Å². The van der Waals surface area contributed by atoms with Gasteiger partial charge in [0.2, 0.25) is 0 Å². The van der Waals surface area contributed by atoms with Crippen molar-refractivity contribution in [1.82, 2.24) is 19.1 Å². The molecule has 10 rings (SSSR count). The monoisotopic (exact) mass is 638 g/mol. The molecule has 0 amide bonds. The summed E-state index contributed by atoms with van der Waals surface area (Å²) in [5.74, 6) is 1.52. The molecule has 0 aliphatic carbocycles. The van der Waals surface area contributed by atoms with Gasteiger partial charge in [-0.2, -0.15) is 0 Å². The summed E-state index contributed by atoms with van der Waals surface area (Å²) in [6.45, 7) is 0. The molecule has 4 nitrogen and oxygen atoms in total. The number of hydrogen-bond acceptors (Lipinski definition) is 2. The molecule has 7 aromatic carbocycles. The molecular weight excluding hydrogens is 609 g/mol. The number of fused-ring (bicyclic) bond motifs is 7. The Bertz CT molecular complexity index is 2830. The van der Waals surface area contributed by atoms with Gasteiger partial charge in [0.1, 0.15) is 5.82 Å². The van der Waals surface area contributed by atoms with E-state index in [4.69, 9.17) is 9.97 Å². The first-order chi connectivity index (χ1) is 24.8. The highest BCUT2D eigenvalue weighted by atomic mass is 15.1. The Balaban J connectivity index is 1.25. The molecule has 0 unspecified atom stereocenters. The average molecular weight is 639 g/mol. The van der Waals surface area contributed by atoms with Crippen LogP contribution in [0.5, 0.6) is 0 Å². The maximum absolute atomic E-state index is 5.32. The quantitative estimate of drug-likeness (QED) is 0.188. The Morgan fingerprint density at radius 2 is 0.820 bits per heavy atom. The van der Waals surface area contributed by atoms with Crippen LogP contribution in [0.1, 0.15) is 0 Å². The molecule has 0 aliphatic heterocycles. The number of nitrogens with zero attached hydrogens (tertiary/aromatic N) is 4. The van der Waals surface area contributed by atoms with Crippen molar-refractivity contribution in [1.29, 1.82) is 0 Å². The fourth-order valence-electron chi connectivity index (χ4n) is 7.50. The molecule has 0 spiro atoms. The fraction of sp³-hybridized carbons (Fsp3) is 0. The van der Waals surface area contributed by atoms with E-state index < -0.39 is 0 Å². The number of hydrogen-bond donors (Lipinski definition) is 0. The molecule has 0 fully saturated rings. The van der Waals surface area contributed by atoms with Gasteiger partial charge in [-0.15, -0.1) is 0 Å². The molecule has 0 atom stereocenters. The molecule has 0 bridgehead atoms. The van der Waals surface area contributed by atoms with Crippen molar-refractivity contribution in [2.45, 2.75) is 0 Å². The molecular formula is C46H30N4. The highest BCUT2D eigenvalue weighted by molar-refractivity contribution is 6.28. The molecule has 0 radical (unpaired) electrons. The standard InChI is InChI=1S/C46H30N4/c1-4-14-31(15-5-1)32-24-26-34(27-25-32)46-47-38(33-16-6-2-7-17-33)30-43(48-46)50-40-23-13-11-21-37(40)45-42(50)29-28-41-44(45)36-20-10-12-22-39(36)49(41)35-18-8-3-9-19-35/h1-30H. The van der Waals surface area contributed by atoms with Crippen LogP contribution in [0.25, 0.3) is 88.9 Å². The first-order valence-corrected chi connectivity index (χ1v) is 16.9. The van der Waals surface area contributed by atoms with Gasteiger partial charge >= 0.3 is 0 Å². The second-order valence-electron chi connectivity index (χ2n) is 12.6. The maximum atomic E-state index is 5.32. The van der Waals surface area contributed by atoms with Crippen LogP contribution in [-0.4, -0.2) is 19.1 Å². The molecule has 0 saturated heterocycles. The normalized spacial score (nSPS) is 11.6. The Kier molecular flexibility index (Phi) is 6.46. The number of rotatable bonds is 5. The SMILES string of the molecule is c1ccc(-c2ccc(-c3nc(-c4ccccc4)cc(-n4c5ccccc5c5c6c7ccccc7n(-c7ccccc7)c6ccc54)n3)cc2)cc1. The lowest BCUT2D eigenvalue weighted by Crippen LogP contribution is -2.02. The van der Waals surface area contributed by atoms with Gasteiger partial charge in [0.15, 0.2) is 5.82 Å². The van der Waals surface area contributed by atoms with Gasteiger partial charge in [0.05, 0.1) is 27.8 Å². The zero-order valence-electron chi connectivity index (χ0n) is 27.1. The minimum Gasteiger partial charge on any atom is -0.309 e. The molecule has 10 aromatic rings. The summed E-state index contributed by atoms with van der Waals surface area (Å²) in [7, 11) is 0. The van der Waals surface area contributed by atoms with Gasteiger partial charge in [-0.3, -0.25) is 4.57 Å². The summed E-state index contributed by atoms with van der Waals surface area (Å²) in [6, 6.07) is 64.1. The van der Waals surface area contributed by atoms with E-state index in [1.807, 2.05) is 12.1 Å². The van der Waals surface area contributed by atoms with Crippen molar-refractivity contribution < 1.29 is 0 Å². The summed E-state index contributed by atoms with van der Waals surface area (Å²) in [5, 5.41) is 4.88. The summed E-state index contributed by atoms with van der Waals surface area (Å²) in [5.41, 5.74) is 11.0. The topological polar surface area (TPSA) is 35.6 Å². The molecule has 3 aromatic heterocycles. The zero-order valence-corrected chi connectivity index (χ0v) is 27.1. The van der Waals surface area contributed by atoms with Crippen LogP contribution in [0.2, 0.25) is 0 Å². The summed E-state index contributed by atoms with van der Waals surface area (Å²) < 4.78 is 4.69. The molecule has 4 heteroatoms. The predicted molar refractivity (Wildman–Crippen MR) is 207 cm³/mol. The minimum atomic E-state index is 0.689.